The molecular formula is C29H25BrN2O3. The quantitative estimate of drug-likeness (QED) is 0.271. The molecular weight excluding hydrogens is 504 g/mol. The first-order valence-electron chi connectivity index (χ1n) is 11.2. The lowest BCUT2D eigenvalue weighted by Gasteiger charge is -2.13. The molecule has 4 aromatic rings. The molecule has 0 aliphatic carbocycles. The monoisotopic (exact) mass is 528 g/mol. The molecule has 2 amide bonds. The number of nitrogens with one attached hydrogen (secondary N) is 2. The highest BCUT2D eigenvalue weighted by Gasteiger charge is 2.15. The third-order valence-electron chi connectivity index (χ3n) is 5.61. The van der Waals surface area contributed by atoms with Crippen molar-refractivity contribution in [1.82, 2.24) is 0 Å². The van der Waals surface area contributed by atoms with Crippen LogP contribution in [0.15, 0.2) is 95.5 Å². The van der Waals surface area contributed by atoms with E-state index in [1.807, 2.05) is 80.6 Å². The fourth-order valence-electron chi connectivity index (χ4n) is 3.57. The summed E-state index contributed by atoms with van der Waals surface area (Å²) in [6.45, 7) is 3.81. The first kappa shape index (κ1) is 24.2. The van der Waals surface area contributed by atoms with Crippen LogP contribution in [0.2, 0.25) is 0 Å². The SMILES string of the molecule is Cc1ccc(NC(=O)c2ccccc2NC(=O)COc2ccc(-c3ccccc3)cc2Br)cc1C. The van der Waals surface area contributed by atoms with Gasteiger partial charge in [0, 0.05) is 5.69 Å². The lowest BCUT2D eigenvalue weighted by Crippen LogP contribution is -2.23. The van der Waals surface area contributed by atoms with Crippen molar-refractivity contribution in [3.63, 3.8) is 0 Å². The minimum absolute atomic E-state index is 0.198. The largest absolute Gasteiger partial charge is 0.483 e. The van der Waals surface area contributed by atoms with E-state index in [4.69, 9.17) is 4.74 Å². The van der Waals surface area contributed by atoms with E-state index < -0.39 is 0 Å². The molecule has 2 N–H and O–H groups in total. The van der Waals surface area contributed by atoms with E-state index >= 15 is 0 Å². The molecule has 0 aliphatic rings. The zero-order valence-corrected chi connectivity index (χ0v) is 21.1. The number of para-hydroxylation sites is 1. The van der Waals surface area contributed by atoms with Gasteiger partial charge in [-0.1, -0.05) is 54.6 Å². The highest BCUT2D eigenvalue weighted by Crippen LogP contribution is 2.30. The number of anilines is 2. The molecule has 0 atom stereocenters. The van der Waals surface area contributed by atoms with Crippen molar-refractivity contribution in [2.24, 2.45) is 0 Å². The molecule has 0 saturated carbocycles. The molecule has 0 bridgehead atoms. The number of carbonyl (C=O) groups excluding carboxylic acids is 2. The van der Waals surface area contributed by atoms with Crippen LogP contribution in [0.1, 0.15) is 21.5 Å². The summed E-state index contributed by atoms with van der Waals surface area (Å²) in [4.78, 5) is 25.5. The lowest BCUT2D eigenvalue weighted by atomic mass is 10.1. The number of halogens is 1. The highest BCUT2D eigenvalue weighted by molar-refractivity contribution is 9.10. The second-order valence-corrected chi connectivity index (χ2v) is 9.00. The molecule has 35 heavy (non-hydrogen) atoms. The van der Waals surface area contributed by atoms with Gasteiger partial charge in [-0.3, -0.25) is 9.59 Å². The summed E-state index contributed by atoms with van der Waals surface area (Å²) in [5.74, 6) is -0.111. The maximum Gasteiger partial charge on any atom is 0.262 e. The average molecular weight is 529 g/mol. The Morgan fingerprint density at radius 1 is 0.771 bits per heavy atom. The van der Waals surface area contributed by atoms with Gasteiger partial charge in [0.1, 0.15) is 5.75 Å². The van der Waals surface area contributed by atoms with E-state index in [1.54, 1.807) is 24.3 Å². The fraction of sp³-hybridized carbons (Fsp3) is 0.103. The number of hydrogen-bond acceptors (Lipinski definition) is 3. The fourth-order valence-corrected chi connectivity index (χ4v) is 4.06. The molecule has 4 aromatic carbocycles. The molecule has 0 aromatic heterocycles. The molecule has 4 rings (SSSR count). The Morgan fingerprint density at radius 3 is 2.26 bits per heavy atom. The maximum atomic E-state index is 12.9. The van der Waals surface area contributed by atoms with Gasteiger partial charge < -0.3 is 15.4 Å². The zero-order valence-electron chi connectivity index (χ0n) is 19.5. The summed E-state index contributed by atoms with van der Waals surface area (Å²) >= 11 is 3.52. The second kappa shape index (κ2) is 11.0. The summed E-state index contributed by atoms with van der Waals surface area (Å²) < 4.78 is 6.47. The van der Waals surface area contributed by atoms with Crippen LogP contribution in [0.5, 0.6) is 5.75 Å². The summed E-state index contributed by atoms with van der Waals surface area (Å²) in [5.41, 5.74) is 5.85. The van der Waals surface area contributed by atoms with Crippen LogP contribution in [0.3, 0.4) is 0 Å². The molecule has 0 unspecified atom stereocenters. The first-order valence-corrected chi connectivity index (χ1v) is 12.0. The van der Waals surface area contributed by atoms with Crippen LogP contribution in [-0.4, -0.2) is 18.4 Å². The third kappa shape index (κ3) is 6.16. The van der Waals surface area contributed by atoms with Crippen molar-refractivity contribution in [1.29, 1.82) is 0 Å². The number of ether oxygens (including phenoxy) is 1. The van der Waals surface area contributed by atoms with Gasteiger partial charge >= 0.3 is 0 Å². The van der Waals surface area contributed by atoms with Crippen molar-refractivity contribution in [3.05, 3.63) is 112 Å². The predicted octanol–water partition coefficient (Wildman–Crippen LogP) is 7.00. The molecule has 0 spiro atoms. The lowest BCUT2D eigenvalue weighted by molar-refractivity contribution is -0.118. The summed E-state index contributed by atoms with van der Waals surface area (Å²) in [6, 6.07) is 28.3. The predicted molar refractivity (Wildman–Crippen MR) is 144 cm³/mol. The van der Waals surface area contributed by atoms with E-state index in [1.165, 1.54) is 0 Å². The molecule has 0 fully saturated rings. The normalized spacial score (nSPS) is 10.5. The Kier molecular flexibility index (Phi) is 7.63. The number of carbonyl (C=O) groups is 2. The molecule has 5 nitrogen and oxygen atoms in total. The van der Waals surface area contributed by atoms with Gasteiger partial charge in [0.25, 0.3) is 11.8 Å². The standard InChI is InChI=1S/C29H25BrN2O3/c1-19-12-14-23(16-20(19)2)31-29(34)24-10-6-7-11-26(24)32-28(33)18-35-27-15-13-22(17-25(27)30)21-8-4-3-5-9-21/h3-17H,18H2,1-2H3,(H,31,34)(H,32,33). The Bertz CT molecular complexity index is 1370. The van der Waals surface area contributed by atoms with Crippen molar-refractivity contribution in [2.45, 2.75) is 13.8 Å². The van der Waals surface area contributed by atoms with Gasteiger partial charge in [-0.15, -0.1) is 0 Å². The van der Waals surface area contributed by atoms with Crippen molar-refractivity contribution in [2.75, 3.05) is 17.2 Å². The first-order chi connectivity index (χ1) is 16.9. The summed E-state index contributed by atoms with van der Waals surface area (Å²) in [6.07, 6.45) is 0. The number of benzene rings is 4. The van der Waals surface area contributed by atoms with Gasteiger partial charge in [0.15, 0.2) is 6.61 Å². The molecule has 0 aliphatic heterocycles. The highest BCUT2D eigenvalue weighted by atomic mass is 79.9. The molecule has 176 valence electrons. The minimum atomic E-state index is -0.365. The topological polar surface area (TPSA) is 67.4 Å². The smallest absolute Gasteiger partial charge is 0.262 e. The van der Waals surface area contributed by atoms with E-state index in [0.717, 1.165) is 26.7 Å². The Balaban J connectivity index is 1.40. The van der Waals surface area contributed by atoms with Gasteiger partial charge in [-0.25, -0.2) is 0 Å². The van der Waals surface area contributed by atoms with Gasteiger partial charge in [0.2, 0.25) is 0 Å². The van der Waals surface area contributed by atoms with Gasteiger partial charge in [0.05, 0.1) is 15.7 Å². The zero-order chi connectivity index (χ0) is 24.8. The van der Waals surface area contributed by atoms with Crippen LogP contribution in [-0.2, 0) is 4.79 Å². The minimum Gasteiger partial charge on any atom is -0.483 e. The van der Waals surface area contributed by atoms with Crippen molar-refractivity contribution in [3.8, 4) is 16.9 Å². The van der Waals surface area contributed by atoms with E-state index in [-0.39, 0.29) is 18.4 Å². The number of amides is 2. The number of rotatable bonds is 7. The van der Waals surface area contributed by atoms with Gasteiger partial charge in [-0.05, 0) is 88.4 Å². The van der Waals surface area contributed by atoms with Crippen LogP contribution in [0.4, 0.5) is 11.4 Å². The number of hydrogen-bond donors (Lipinski definition) is 2. The summed E-state index contributed by atoms with van der Waals surface area (Å²) in [7, 11) is 0. The van der Waals surface area contributed by atoms with E-state index in [9.17, 15) is 9.59 Å². The van der Waals surface area contributed by atoms with Crippen LogP contribution < -0.4 is 15.4 Å². The van der Waals surface area contributed by atoms with Crippen molar-refractivity contribution >= 4 is 39.1 Å². The Labute approximate surface area is 213 Å². The second-order valence-electron chi connectivity index (χ2n) is 8.15. The number of aryl methyl sites for hydroxylation is 2. The third-order valence-corrected chi connectivity index (χ3v) is 6.23. The van der Waals surface area contributed by atoms with Crippen LogP contribution in [0.25, 0.3) is 11.1 Å². The van der Waals surface area contributed by atoms with Crippen LogP contribution >= 0.6 is 15.9 Å². The molecule has 6 heteroatoms. The maximum absolute atomic E-state index is 12.9. The molecule has 0 radical (unpaired) electrons. The van der Waals surface area contributed by atoms with Gasteiger partial charge in [-0.2, -0.15) is 0 Å². The van der Waals surface area contributed by atoms with E-state index in [2.05, 4.69) is 26.6 Å². The Morgan fingerprint density at radius 2 is 1.51 bits per heavy atom. The molecule has 0 heterocycles. The molecule has 0 saturated heterocycles. The van der Waals surface area contributed by atoms with Crippen molar-refractivity contribution < 1.29 is 14.3 Å². The van der Waals surface area contributed by atoms with Crippen LogP contribution in [0, 0.1) is 13.8 Å². The Hall–Kier alpha value is -3.90. The summed E-state index contributed by atoms with van der Waals surface area (Å²) in [5, 5.41) is 5.68. The van der Waals surface area contributed by atoms with E-state index in [0.29, 0.717) is 22.7 Å². The average Bonchev–Trinajstić information content (AvgIpc) is 2.86.